The first-order chi connectivity index (χ1) is 11.2. The van der Waals surface area contributed by atoms with Crippen LogP contribution in [0.15, 0.2) is 60.8 Å². The molecule has 0 saturated heterocycles. The van der Waals surface area contributed by atoms with E-state index in [1.165, 1.54) is 38.5 Å². The van der Waals surface area contributed by atoms with Crippen molar-refractivity contribution in [1.29, 1.82) is 0 Å². The van der Waals surface area contributed by atoms with Crippen molar-refractivity contribution in [3.05, 3.63) is 60.8 Å². The second kappa shape index (κ2) is 7.58. The monoisotopic (exact) mass is 516 g/mol. The Hall–Kier alpha value is 0.150. The van der Waals surface area contributed by atoms with Crippen LogP contribution < -0.4 is 0 Å². The molecule has 0 aromatic carbocycles. The molecule has 23 heavy (non-hydrogen) atoms. The van der Waals surface area contributed by atoms with Gasteiger partial charge in [-0.3, -0.25) is 0 Å². The standard InChI is InChI=1S/2C9H11.C2H4.2ClH.Hf/c2*1-2-5-9-7-3-6-8(9)4-1;1-2;;;/h2*1-2,4,6,9H,3,5,7H2;1-2H2;2*1H;/q;;;;;+2/p-2. The molecule has 4 rings (SSSR count). The van der Waals surface area contributed by atoms with Crippen LogP contribution >= 0.6 is 17.2 Å². The minimum atomic E-state index is -3.33. The Morgan fingerprint density at radius 3 is 1.65 bits per heavy atom. The van der Waals surface area contributed by atoms with E-state index in [2.05, 4.69) is 49.6 Å². The van der Waals surface area contributed by atoms with E-state index in [-0.39, 0.29) is 0 Å². The van der Waals surface area contributed by atoms with Gasteiger partial charge in [-0.1, -0.05) is 0 Å². The Morgan fingerprint density at radius 1 is 0.783 bits per heavy atom. The van der Waals surface area contributed by atoms with E-state index in [9.17, 15) is 0 Å². The molecule has 0 aromatic heterocycles. The predicted molar refractivity (Wildman–Crippen MR) is 99.6 cm³/mol. The third kappa shape index (κ3) is 3.31. The first kappa shape index (κ1) is 18.0. The van der Waals surface area contributed by atoms with Gasteiger partial charge in [-0.2, -0.15) is 0 Å². The molecule has 124 valence electrons. The minimum absolute atomic E-state index is 0.561. The zero-order valence-corrected chi connectivity index (χ0v) is 18.8. The van der Waals surface area contributed by atoms with Gasteiger partial charge in [-0.05, 0) is 0 Å². The molecule has 0 bridgehead atoms. The molecule has 4 aliphatic carbocycles. The molecule has 0 N–H and O–H groups in total. The summed E-state index contributed by atoms with van der Waals surface area (Å²) >= 11 is -3.33. The van der Waals surface area contributed by atoms with Crippen LogP contribution in [0.25, 0.3) is 0 Å². The van der Waals surface area contributed by atoms with Crippen LogP contribution in [0.2, 0.25) is 7.35 Å². The van der Waals surface area contributed by atoms with E-state index in [4.69, 9.17) is 17.2 Å². The topological polar surface area (TPSA) is 0 Å². The Bertz CT molecular complexity index is 522. The predicted octanol–water partition coefficient (Wildman–Crippen LogP) is 7.42. The van der Waals surface area contributed by atoms with Gasteiger partial charge >= 0.3 is 140 Å². The first-order valence-corrected chi connectivity index (χ1v) is 21.8. The number of hydrogen-bond donors (Lipinski definition) is 0. The summed E-state index contributed by atoms with van der Waals surface area (Å²) in [5, 5.41) is 0. The summed E-state index contributed by atoms with van der Waals surface area (Å²) in [6.07, 6.45) is 21.2. The summed E-state index contributed by atoms with van der Waals surface area (Å²) in [6, 6.07) is 0. The molecule has 0 nitrogen and oxygen atoms in total. The van der Waals surface area contributed by atoms with Crippen LogP contribution in [0.5, 0.6) is 0 Å². The van der Waals surface area contributed by atoms with Gasteiger partial charge in [0.2, 0.25) is 0 Å². The van der Waals surface area contributed by atoms with Gasteiger partial charge in [-0.25, -0.2) is 0 Å². The van der Waals surface area contributed by atoms with Gasteiger partial charge in [0.15, 0.2) is 0 Å². The Balaban J connectivity index is 0.000000753. The van der Waals surface area contributed by atoms with Crippen LogP contribution in [0.1, 0.15) is 38.5 Å². The number of allylic oxidation sites excluding steroid dienone is 8. The zero-order chi connectivity index (χ0) is 16.4. The molecule has 4 aliphatic rings. The summed E-state index contributed by atoms with van der Waals surface area (Å²) in [4.78, 5) is 0. The van der Waals surface area contributed by atoms with E-state index in [0.29, 0.717) is 7.35 Å². The molecule has 2 fully saturated rings. The maximum atomic E-state index is 7.25. The van der Waals surface area contributed by atoms with Crippen molar-refractivity contribution < 1.29 is 17.6 Å². The average Bonchev–Trinajstić information content (AvgIpc) is 3.21. The van der Waals surface area contributed by atoms with Crippen molar-refractivity contribution in [1.82, 2.24) is 0 Å². The van der Waals surface area contributed by atoms with Gasteiger partial charge in [0.25, 0.3) is 0 Å². The molecule has 0 spiro atoms. The normalized spacial score (nSPS) is 34.9. The Labute approximate surface area is 152 Å². The van der Waals surface area contributed by atoms with Gasteiger partial charge < -0.3 is 0 Å². The van der Waals surface area contributed by atoms with Crippen molar-refractivity contribution in [2.75, 3.05) is 0 Å². The zero-order valence-electron chi connectivity index (χ0n) is 13.7. The van der Waals surface area contributed by atoms with Gasteiger partial charge in [-0.15, -0.1) is 13.2 Å². The van der Waals surface area contributed by atoms with Gasteiger partial charge in [0.1, 0.15) is 0 Å². The molecule has 0 aliphatic heterocycles. The molecular formula is C20H26Cl2Hf. The van der Waals surface area contributed by atoms with Crippen molar-refractivity contribution in [2.45, 2.75) is 45.9 Å². The molecule has 4 atom stereocenters. The fourth-order valence-electron chi connectivity index (χ4n) is 4.90. The van der Waals surface area contributed by atoms with E-state index in [0.717, 1.165) is 11.8 Å². The van der Waals surface area contributed by atoms with Crippen molar-refractivity contribution >= 4 is 17.2 Å². The maximum absolute atomic E-state index is 7.25. The van der Waals surface area contributed by atoms with E-state index >= 15 is 0 Å². The second-order valence-electron chi connectivity index (χ2n) is 6.99. The van der Waals surface area contributed by atoms with E-state index in [1.54, 1.807) is 11.1 Å². The Kier molecular flexibility index (Phi) is 5.92. The molecule has 3 heteroatoms. The third-order valence-electron chi connectivity index (χ3n) is 5.98. The molecule has 0 amide bonds. The van der Waals surface area contributed by atoms with Crippen molar-refractivity contribution in [3.63, 3.8) is 0 Å². The van der Waals surface area contributed by atoms with Gasteiger partial charge in [0.05, 0.1) is 0 Å². The van der Waals surface area contributed by atoms with Crippen LogP contribution in [-0.4, -0.2) is 0 Å². The van der Waals surface area contributed by atoms with Gasteiger partial charge in [0, 0.05) is 0 Å². The molecule has 2 saturated carbocycles. The van der Waals surface area contributed by atoms with Crippen LogP contribution in [0, 0.1) is 11.8 Å². The summed E-state index contributed by atoms with van der Waals surface area (Å²) in [7, 11) is 14.5. The Morgan fingerprint density at radius 2 is 1.22 bits per heavy atom. The number of rotatable bonds is 2. The second-order valence-corrected chi connectivity index (χ2v) is 28.7. The third-order valence-corrected chi connectivity index (χ3v) is 25.7. The molecular weight excluding hydrogens is 490 g/mol. The molecule has 4 unspecified atom stereocenters. The van der Waals surface area contributed by atoms with E-state index < -0.39 is 17.6 Å². The summed E-state index contributed by atoms with van der Waals surface area (Å²) in [6.45, 7) is 6.00. The average molecular weight is 516 g/mol. The first-order valence-electron chi connectivity index (χ1n) is 8.79. The quantitative estimate of drug-likeness (QED) is 0.265. The molecule has 0 aromatic rings. The number of hydrogen-bond acceptors (Lipinski definition) is 0. The van der Waals surface area contributed by atoms with Crippen LogP contribution in [0.3, 0.4) is 0 Å². The molecule has 0 heterocycles. The van der Waals surface area contributed by atoms with Crippen molar-refractivity contribution in [3.8, 4) is 0 Å². The summed E-state index contributed by atoms with van der Waals surface area (Å²) in [5.74, 6) is 1.49. The fourth-order valence-corrected chi connectivity index (χ4v) is 23.9. The van der Waals surface area contributed by atoms with E-state index in [1.807, 2.05) is 0 Å². The van der Waals surface area contributed by atoms with Crippen LogP contribution in [-0.2, 0) is 17.6 Å². The molecule has 0 radical (unpaired) electrons. The van der Waals surface area contributed by atoms with Crippen molar-refractivity contribution in [2.24, 2.45) is 11.8 Å². The summed E-state index contributed by atoms with van der Waals surface area (Å²) < 4.78 is 1.12. The fraction of sp³-hybridized carbons (Fsp3) is 0.500. The summed E-state index contributed by atoms with van der Waals surface area (Å²) in [5.41, 5.74) is 3.22. The number of halogens is 2. The number of fused-ring (bicyclic) bond motifs is 2. The van der Waals surface area contributed by atoms with Crippen LogP contribution in [0.4, 0.5) is 0 Å². The SMILES string of the molecule is C=C.[Cl][Hf]([Cl])([CH]1CCC2CC=CC=C21)[CH]1CCC2CC=CC=C21.